The van der Waals surface area contributed by atoms with Gasteiger partial charge in [0.05, 0.1) is 0 Å². The van der Waals surface area contributed by atoms with E-state index in [0.29, 0.717) is 6.10 Å². The van der Waals surface area contributed by atoms with E-state index in [1.165, 1.54) is 12.8 Å². The van der Waals surface area contributed by atoms with Crippen LogP contribution in [0.25, 0.3) is 0 Å². The van der Waals surface area contributed by atoms with Crippen molar-refractivity contribution in [1.82, 2.24) is 0 Å². The zero-order valence-corrected chi connectivity index (χ0v) is 10.6. The van der Waals surface area contributed by atoms with E-state index in [4.69, 9.17) is 4.43 Å². The van der Waals surface area contributed by atoms with Gasteiger partial charge in [-0.1, -0.05) is 15.9 Å². The molecular weight excluding hydrogens is 220 g/mol. The summed E-state index contributed by atoms with van der Waals surface area (Å²) >= 11 is 3.41. The summed E-state index contributed by atoms with van der Waals surface area (Å²) in [6, 6.07) is 0. The first-order chi connectivity index (χ1) is 4.95. The van der Waals surface area contributed by atoms with E-state index < -0.39 is 8.32 Å². The normalized spacial score (nSPS) is 15.0. The minimum absolute atomic E-state index is 0.444. The lowest BCUT2D eigenvalue weighted by Crippen LogP contribution is -2.30. The van der Waals surface area contributed by atoms with Gasteiger partial charge >= 0.3 is 0 Å². The molecule has 0 rings (SSSR count). The Morgan fingerprint density at radius 2 is 1.91 bits per heavy atom. The highest BCUT2D eigenvalue weighted by atomic mass is 79.9. The summed E-state index contributed by atoms with van der Waals surface area (Å²) in [5.41, 5.74) is 0. The molecule has 0 heterocycles. The molecule has 0 aliphatic heterocycles. The van der Waals surface area contributed by atoms with Crippen molar-refractivity contribution < 1.29 is 4.43 Å². The fraction of sp³-hybridized carbons (Fsp3) is 1.00. The van der Waals surface area contributed by atoms with Gasteiger partial charge in [-0.3, -0.25) is 0 Å². The minimum Gasteiger partial charge on any atom is -0.415 e. The van der Waals surface area contributed by atoms with Gasteiger partial charge in [0.25, 0.3) is 0 Å². The molecule has 0 saturated carbocycles. The van der Waals surface area contributed by atoms with Gasteiger partial charge in [0.2, 0.25) is 0 Å². The average molecular weight is 239 g/mol. The number of rotatable bonds is 5. The lowest BCUT2D eigenvalue weighted by Gasteiger charge is -2.23. The third kappa shape index (κ3) is 8.56. The van der Waals surface area contributed by atoms with E-state index in [1.807, 2.05) is 0 Å². The molecule has 0 aromatic carbocycles. The molecule has 68 valence electrons. The summed E-state index contributed by atoms with van der Waals surface area (Å²) in [5, 5.41) is 1.09. The van der Waals surface area contributed by atoms with Crippen molar-refractivity contribution in [3.05, 3.63) is 0 Å². The van der Waals surface area contributed by atoms with Crippen LogP contribution < -0.4 is 0 Å². The van der Waals surface area contributed by atoms with Crippen LogP contribution in [0, 0.1) is 0 Å². The third-order valence-corrected chi connectivity index (χ3v) is 2.97. The predicted molar refractivity (Wildman–Crippen MR) is 56.9 cm³/mol. The molecule has 0 aromatic rings. The monoisotopic (exact) mass is 238 g/mol. The van der Waals surface area contributed by atoms with Gasteiger partial charge in [0.1, 0.15) is 0 Å². The Kier molecular flexibility index (Phi) is 5.65. The topological polar surface area (TPSA) is 9.23 Å². The maximum absolute atomic E-state index is 5.86. The SMILES string of the molecule is CC(CCCBr)O[Si](C)(C)C. The lowest BCUT2D eigenvalue weighted by molar-refractivity contribution is 0.203. The first-order valence-electron chi connectivity index (χ1n) is 4.19. The Morgan fingerprint density at radius 3 is 2.27 bits per heavy atom. The highest BCUT2D eigenvalue weighted by Crippen LogP contribution is 2.11. The Balaban J connectivity index is 3.44. The first-order valence-corrected chi connectivity index (χ1v) is 8.72. The van der Waals surface area contributed by atoms with Crippen molar-refractivity contribution in [3.63, 3.8) is 0 Å². The van der Waals surface area contributed by atoms with Crippen LogP contribution in [0.4, 0.5) is 0 Å². The summed E-state index contributed by atoms with van der Waals surface area (Å²) in [5.74, 6) is 0. The molecule has 0 fully saturated rings. The molecule has 0 amide bonds. The standard InChI is InChI=1S/C8H19BrOSi/c1-8(6-5-7-9)10-11(2,3)4/h8H,5-7H2,1-4H3. The average Bonchev–Trinajstić information content (AvgIpc) is 1.79. The summed E-state index contributed by atoms with van der Waals surface area (Å²) in [6.07, 6.45) is 2.83. The van der Waals surface area contributed by atoms with E-state index in [1.54, 1.807) is 0 Å². The fourth-order valence-electron chi connectivity index (χ4n) is 1.03. The lowest BCUT2D eigenvalue weighted by atomic mass is 10.2. The zero-order valence-electron chi connectivity index (χ0n) is 7.98. The molecule has 0 bridgehead atoms. The van der Waals surface area contributed by atoms with Crippen LogP contribution in [0.15, 0.2) is 0 Å². The number of hydrogen-bond donors (Lipinski definition) is 0. The molecule has 1 atom stereocenters. The molecule has 0 aromatic heterocycles. The zero-order chi connectivity index (χ0) is 8.91. The number of hydrogen-bond acceptors (Lipinski definition) is 1. The molecule has 0 spiro atoms. The van der Waals surface area contributed by atoms with Gasteiger partial charge in [0.15, 0.2) is 8.32 Å². The predicted octanol–water partition coefficient (Wildman–Crippen LogP) is 3.40. The molecule has 1 nitrogen and oxygen atoms in total. The van der Waals surface area contributed by atoms with Crippen molar-refractivity contribution in [2.75, 3.05) is 5.33 Å². The molecule has 1 unspecified atom stereocenters. The maximum atomic E-state index is 5.86. The van der Waals surface area contributed by atoms with Crippen molar-refractivity contribution >= 4 is 24.2 Å². The first kappa shape index (κ1) is 11.7. The van der Waals surface area contributed by atoms with Crippen molar-refractivity contribution in [2.45, 2.75) is 45.5 Å². The number of halogens is 1. The van der Waals surface area contributed by atoms with Crippen molar-refractivity contribution in [3.8, 4) is 0 Å². The van der Waals surface area contributed by atoms with Gasteiger partial charge in [0, 0.05) is 11.4 Å². The van der Waals surface area contributed by atoms with Crippen molar-refractivity contribution in [1.29, 1.82) is 0 Å². The quantitative estimate of drug-likeness (QED) is 0.527. The highest BCUT2D eigenvalue weighted by molar-refractivity contribution is 9.09. The van der Waals surface area contributed by atoms with Crippen LogP contribution in [0.3, 0.4) is 0 Å². The van der Waals surface area contributed by atoms with Crippen LogP contribution in [-0.2, 0) is 4.43 Å². The molecular formula is C8H19BrOSi. The highest BCUT2D eigenvalue weighted by Gasteiger charge is 2.17. The van der Waals surface area contributed by atoms with Crippen LogP contribution in [-0.4, -0.2) is 19.8 Å². The Bertz CT molecular complexity index is 101. The minimum atomic E-state index is -1.29. The van der Waals surface area contributed by atoms with Crippen molar-refractivity contribution in [2.24, 2.45) is 0 Å². The fourth-order valence-corrected chi connectivity index (χ4v) is 2.68. The largest absolute Gasteiger partial charge is 0.415 e. The van der Waals surface area contributed by atoms with Gasteiger partial charge in [-0.15, -0.1) is 0 Å². The Labute approximate surface area is 79.8 Å². The van der Waals surface area contributed by atoms with Crippen LogP contribution in [0.2, 0.25) is 19.6 Å². The second kappa shape index (κ2) is 5.33. The Morgan fingerprint density at radius 1 is 1.36 bits per heavy atom. The molecule has 3 heteroatoms. The van der Waals surface area contributed by atoms with Crippen LogP contribution in [0.1, 0.15) is 19.8 Å². The van der Waals surface area contributed by atoms with Gasteiger partial charge in [-0.25, -0.2) is 0 Å². The molecule has 0 N–H and O–H groups in total. The van der Waals surface area contributed by atoms with Gasteiger partial charge < -0.3 is 4.43 Å². The molecule has 0 radical (unpaired) electrons. The van der Waals surface area contributed by atoms with E-state index in [9.17, 15) is 0 Å². The number of alkyl halides is 1. The summed E-state index contributed by atoms with van der Waals surface area (Å²) in [7, 11) is -1.29. The summed E-state index contributed by atoms with van der Waals surface area (Å²) in [6.45, 7) is 8.87. The molecule has 0 aliphatic carbocycles. The maximum Gasteiger partial charge on any atom is 0.184 e. The van der Waals surface area contributed by atoms with Crippen LogP contribution >= 0.6 is 15.9 Å². The van der Waals surface area contributed by atoms with E-state index >= 15 is 0 Å². The van der Waals surface area contributed by atoms with E-state index in [0.717, 1.165) is 5.33 Å². The molecule has 0 saturated heterocycles. The van der Waals surface area contributed by atoms with Gasteiger partial charge in [-0.2, -0.15) is 0 Å². The second-order valence-electron chi connectivity index (χ2n) is 3.87. The van der Waals surface area contributed by atoms with Crippen LogP contribution in [0.5, 0.6) is 0 Å². The van der Waals surface area contributed by atoms with E-state index in [-0.39, 0.29) is 0 Å². The van der Waals surface area contributed by atoms with Gasteiger partial charge in [-0.05, 0) is 39.4 Å². The Hall–Kier alpha value is 0.657. The summed E-state index contributed by atoms with van der Waals surface area (Å²) < 4.78 is 5.86. The smallest absolute Gasteiger partial charge is 0.184 e. The third-order valence-electron chi connectivity index (χ3n) is 1.30. The second-order valence-corrected chi connectivity index (χ2v) is 9.13. The molecule has 0 aliphatic rings. The van der Waals surface area contributed by atoms with E-state index in [2.05, 4.69) is 42.5 Å². The molecule has 11 heavy (non-hydrogen) atoms. The summed E-state index contributed by atoms with van der Waals surface area (Å²) in [4.78, 5) is 0.